The fourth-order valence-corrected chi connectivity index (χ4v) is 5.87. The Morgan fingerprint density at radius 2 is 1.48 bits per heavy atom. The van der Waals surface area contributed by atoms with Crippen LogP contribution < -0.4 is 4.57 Å². The Hall–Kier alpha value is -3.19. The topological polar surface area (TPSA) is 3.88 Å². The van der Waals surface area contributed by atoms with Gasteiger partial charge in [0, 0.05) is 23.1 Å². The largest absolute Gasteiger partial charge is 0.213 e. The summed E-state index contributed by atoms with van der Waals surface area (Å²) >= 11 is 0. The van der Waals surface area contributed by atoms with E-state index in [9.17, 15) is 0 Å². The first kappa shape index (κ1) is 18.6. The molecule has 1 aliphatic carbocycles. The minimum absolute atomic E-state index is 0.725. The van der Waals surface area contributed by atoms with Crippen LogP contribution in [0.1, 0.15) is 42.7 Å². The molecule has 0 radical (unpaired) electrons. The van der Waals surface area contributed by atoms with Gasteiger partial charge in [-0.2, -0.15) is 4.57 Å². The lowest BCUT2D eigenvalue weighted by molar-refractivity contribution is -0.633. The number of nitrogens with zero attached hydrogens (tertiary/aromatic N) is 1. The monoisotopic (exact) mass is 402 g/mol. The Morgan fingerprint density at radius 3 is 2.35 bits per heavy atom. The van der Waals surface area contributed by atoms with Crippen LogP contribution in [-0.2, 0) is 7.05 Å². The number of fused-ring (bicyclic) bond motifs is 4. The smallest absolute Gasteiger partial charge is 0.194 e. The average Bonchev–Trinajstić information content (AvgIpc) is 3.34. The summed E-state index contributed by atoms with van der Waals surface area (Å²) in [7, 11) is 2.23. The predicted octanol–water partition coefficient (Wildman–Crippen LogP) is 7.60. The summed E-state index contributed by atoms with van der Waals surface area (Å²) < 4.78 is 2.40. The van der Waals surface area contributed by atoms with Crippen LogP contribution in [0.4, 0.5) is 0 Å². The van der Waals surface area contributed by atoms with Gasteiger partial charge < -0.3 is 0 Å². The lowest BCUT2D eigenvalue weighted by Crippen LogP contribution is -2.32. The van der Waals surface area contributed by atoms with Crippen molar-refractivity contribution in [1.82, 2.24) is 0 Å². The minimum Gasteiger partial charge on any atom is -0.194 e. The van der Waals surface area contributed by atoms with Crippen molar-refractivity contribution in [3.8, 4) is 11.3 Å². The predicted molar refractivity (Wildman–Crippen MR) is 132 cm³/mol. The molecule has 0 saturated heterocycles. The molecule has 152 valence electrons. The van der Waals surface area contributed by atoms with Gasteiger partial charge in [0.2, 0.25) is 11.2 Å². The Kier molecular flexibility index (Phi) is 4.31. The second kappa shape index (κ2) is 7.20. The van der Waals surface area contributed by atoms with Gasteiger partial charge in [-0.25, -0.2) is 0 Å². The van der Waals surface area contributed by atoms with Gasteiger partial charge in [-0.3, -0.25) is 0 Å². The van der Waals surface area contributed by atoms with Crippen LogP contribution in [0.3, 0.4) is 0 Å². The first-order valence-electron chi connectivity index (χ1n) is 11.6. The molecule has 0 aliphatic heterocycles. The minimum atomic E-state index is 0.725. The molecule has 1 aliphatic rings. The third-order valence-corrected chi connectivity index (χ3v) is 7.49. The fraction of sp³-hybridized carbons (Fsp3) is 0.233. The molecule has 1 heterocycles. The molecule has 1 saturated carbocycles. The first-order chi connectivity index (χ1) is 15.2. The van der Waals surface area contributed by atoms with Gasteiger partial charge in [-0.1, -0.05) is 67.4 Å². The summed E-state index contributed by atoms with van der Waals surface area (Å²) in [4.78, 5) is 0. The van der Waals surface area contributed by atoms with E-state index in [2.05, 4.69) is 97.4 Å². The van der Waals surface area contributed by atoms with Crippen LogP contribution in [0.25, 0.3) is 43.7 Å². The lowest BCUT2D eigenvalue weighted by atomic mass is 9.91. The standard InChI is InChI=1S/C30H28N/c1-20-24(17-16-23-15-14-22-10-5-6-11-26(22)30(20)23)29-19-18-27-25(21-8-3-4-9-21)12-7-13-28(27)31(29)2/h5-7,10-19,21H,3-4,8-9H2,1-2H3/q+1. The second-order valence-corrected chi connectivity index (χ2v) is 9.16. The highest BCUT2D eigenvalue weighted by atomic mass is 14.9. The summed E-state index contributed by atoms with van der Waals surface area (Å²) in [5.74, 6) is 0.725. The first-order valence-corrected chi connectivity index (χ1v) is 11.6. The quantitative estimate of drug-likeness (QED) is 0.211. The van der Waals surface area contributed by atoms with Crippen LogP contribution in [0.2, 0.25) is 0 Å². The molecule has 6 rings (SSSR count). The fourth-order valence-electron chi connectivity index (χ4n) is 5.87. The van der Waals surface area contributed by atoms with Crippen LogP contribution >= 0.6 is 0 Å². The van der Waals surface area contributed by atoms with Crippen molar-refractivity contribution in [2.24, 2.45) is 7.05 Å². The normalized spacial score (nSPS) is 14.8. The van der Waals surface area contributed by atoms with E-state index in [0.717, 1.165) is 5.92 Å². The van der Waals surface area contributed by atoms with Crippen molar-refractivity contribution < 1.29 is 4.57 Å². The van der Waals surface area contributed by atoms with Gasteiger partial charge in [0.15, 0.2) is 0 Å². The zero-order valence-corrected chi connectivity index (χ0v) is 18.4. The average molecular weight is 403 g/mol. The highest BCUT2D eigenvalue weighted by Crippen LogP contribution is 2.38. The van der Waals surface area contributed by atoms with Gasteiger partial charge in [0.05, 0.1) is 0 Å². The van der Waals surface area contributed by atoms with Crippen LogP contribution in [0.5, 0.6) is 0 Å². The van der Waals surface area contributed by atoms with Crippen molar-refractivity contribution in [2.45, 2.75) is 38.5 Å². The highest BCUT2D eigenvalue weighted by molar-refractivity contribution is 6.10. The number of hydrogen-bond acceptors (Lipinski definition) is 0. The van der Waals surface area contributed by atoms with Gasteiger partial charge in [0.1, 0.15) is 7.05 Å². The van der Waals surface area contributed by atoms with E-state index >= 15 is 0 Å². The zero-order chi connectivity index (χ0) is 20.9. The molecule has 1 heteroatoms. The van der Waals surface area contributed by atoms with Crippen molar-refractivity contribution in [1.29, 1.82) is 0 Å². The summed E-state index contributed by atoms with van der Waals surface area (Å²) in [6.07, 6.45) is 5.41. The van der Waals surface area contributed by atoms with Crippen LogP contribution in [-0.4, -0.2) is 0 Å². The Bertz CT molecular complexity index is 1450. The molecule has 0 spiro atoms. The maximum absolute atomic E-state index is 2.40. The molecule has 31 heavy (non-hydrogen) atoms. The number of aryl methyl sites for hydroxylation is 2. The molecule has 1 fully saturated rings. The van der Waals surface area contributed by atoms with E-state index < -0.39 is 0 Å². The van der Waals surface area contributed by atoms with Crippen molar-refractivity contribution in [3.63, 3.8) is 0 Å². The third kappa shape index (κ3) is 2.87. The SMILES string of the molecule is Cc1c(-c2ccc3c(C4CCCC4)cccc3[n+]2C)ccc2ccc3ccccc3c12. The molecule has 0 amide bonds. The number of benzene rings is 4. The zero-order valence-electron chi connectivity index (χ0n) is 18.4. The van der Waals surface area contributed by atoms with Crippen molar-refractivity contribution in [3.05, 3.63) is 90.0 Å². The molecule has 1 aromatic heterocycles. The number of aromatic nitrogens is 1. The molecule has 0 N–H and O–H groups in total. The van der Waals surface area contributed by atoms with Crippen LogP contribution in [0.15, 0.2) is 78.9 Å². The summed E-state index contributed by atoms with van der Waals surface area (Å²) in [6.45, 7) is 2.28. The maximum atomic E-state index is 2.40. The maximum Gasteiger partial charge on any atom is 0.213 e. The van der Waals surface area contributed by atoms with E-state index in [1.54, 1.807) is 5.56 Å². The number of hydrogen-bond donors (Lipinski definition) is 0. The summed E-state index contributed by atoms with van der Waals surface area (Å²) in [5.41, 5.74) is 6.83. The molecular formula is C30H28N+. The second-order valence-electron chi connectivity index (χ2n) is 9.16. The van der Waals surface area contributed by atoms with Gasteiger partial charge in [-0.15, -0.1) is 0 Å². The van der Waals surface area contributed by atoms with E-state index in [1.165, 1.54) is 75.0 Å². The third-order valence-electron chi connectivity index (χ3n) is 7.49. The van der Waals surface area contributed by atoms with E-state index in [1.807, 2.05) is 0 Å². The molecule has 5 aromatic rings. The molecule has 1 nitrogen and oxygen atoms in total. The molecule has 0 unspecified atom stereocenters. The molecule has 0 bridgehead atoms. The Balaban J connectivity index is 1.59. The Morgan fingerprint density at radius 1 is 0.710 bits per heavy atom. The van der Waals surface area contributed by atoms with Crippen molar-refractivity contribution >= 4 is 32.4 Å². The van der Waals surface area contributed by atoms with Gasteiger partial charge >= 0.3 is 0 Å². The highest BCUT2D eigenvalue weighted by Gasteiger charge is 2.23. The van der Waals surface area contributed by atoms with E-state index in [-0.39, 0.29) is 0 Å². The molecule has 0 atom stereocenters. The number of rotatable bonds is 2. The van der Waals surface area contributed by atoms with Crippen LogP contribution in [0, 0.1) is 6.92 Å². The molecule has 4 aromatic carbocycles. The summed E-state index contributed by atoms with van der Waals surface area (Å²) in [5, 5.41) is 6.75. The van der Waals surface area contributed by atoms with E-state index in [4.69, 9.17) is 0 Å². The van der Waals surface area contributed by atoms with Gasteiger partial charge in [-0.05, 0) is 70.5 Å². The van der Waals surface area contributed by atoms with Crippen molar-refractivity contribution in [2.75, 3.05) is 0 Å². The lowest BCUT2D eigenvalue weighted by Gasteiger charge is -2.14. The van der Waals surface area contributed by atoms with E-state index in [0.29, 0.717) is 0 Å². The Labute approximate surface area is 184 Å². The molecular weight excluding hydrogens is 374 g/mol. The van der Waals surface area contributed by atoms with Gasteiger partial charge in [0.25, 0.3) is 0 Å². The number of pyridine rings is 1. The summed E-state index contributed by atoms with van der Waals surface area (Å²) in [6, 6.07) is 29.4.